The highest BCUT2D eigenvalue weighted by Crippen LogP contribution is 2.16. The number of nitrogens with two attached hydrogens (primary N) is 1. The zero-order valence-electron chi connectivity index (χ0n) is 9.15. The molecular weight excluding hydrogens is 228 g/mol. The molecule has 0 aromatic rings. The molecule has 0 heterocycles. The molecule has 4 N–H and O–H groups in total. The lowest BCUT2D eigenvalue weighted by Crippen LogP contribution is -2.49. The Bertz CT molecular complexity index is 260. The van der Waals surface area contributed by atoms with Crippen molar-refractivity contribution in [1.29, 1.82) is 0 Å². The number of aliphatic carboxylic acids is 1. The molecule has 0 spiro atoms. The zero-order valence-corrected chi connectivity index (χ0v) is 9.96. The topological polar surface area (TPSA) is 92.4 Å². The first-order valence-electron chi connectivity index (χ1n) is 5.44. The number of carboxylic acid groups (broad SMARTS) is 1. The van der Waals surface area contributed by atoms with Crippen LogP contribution in [0.3, 0.4) is 0 Å². The average Bonchev–Trinajstić information content (AvgIpc) is 2.21. The summed E-state index contributed by atoms with van der Waals surface area (Å²) in [5.74, 6) is -0.861. The third-order valence-corrected chi connectivity index (χ3v) is 3.54. The van der Waals surface area contributed by atoms with Gasteiger partial charge < -0.3 is 16.2 Å². The maximum absolute atomic E-state index is 11.5. The van der Waals surface area contributed by atoms with E-state index >= 15 is 0 Å². The van der Waals surface area contributed by atoms with Crippen LogP contribution in [0.4, 0.5) is 0 Å². The van der Waals surface area contributed by atoms with E-state index < -0.39 is 5.97 Å². The van der Waals surface area contributed by atoms with Gasteiger partial charge in [-0.05, 0) is 12.8 Å². The fourth-order valence-electron chi connectivity index (χ4n) is 1.82. The van der Waals surface area contributed by atoms with E-state index in [0.717, 1.165) is 37.4 Å². The Kier molecular flexibility index (Phi) is 5.62. The number of carbonyl (C=O) groups excluding carboxylic acids is 1. The minimum Gasteiger partial charge on any atom is -0.481 e. The monoisotopic (exact) mass is 246 g/mol. The van der Waals surface area contributed by atoms with Gasteiger partial charge in [-0.2, -0.15) is 0 Å². The van der Waals surface area contributed by atoms with Crippen molar-refractivity contribution in [2.45, 2.75) is 37.8 Å². The van der Waals surface area contributed by atoms with Gasteiger partial charge in [0.1, 0.15) is 0 Å². The molecule has 2 atom stereocenters. The molecule has 0 bridgehead atoms. The van der Waals surface area contributed by atoms with Gasteiger partial charge in [-0.25, -0.2) is 0 Å². The fraction of sp³-hybridized carbons (Fsp3) is 0.800. The first-order chi connectivity index (χ1) is 7.59. The van der Waals surface area contributed by atoms with Crippen molar-refractivity contribution in [3.63, 3.8) is 0 Å². The summed E-state index contributed by atoms with van der Waals surface area (Å²) >= 11 is 1.11. The highest BCUT2D eigenvalue weighted by Gasteiger charge is 2.22. The summed E-state index contributed by atoms with van der Waals surface area (Å²) in [6.45, 7) is 0. The molecule has 1 aliphatic rings. The van der Waals surface area contributed by atoms with Gasteiger partial charge in [0.15, 0.2) is 0 Å². The Morgan fingerprint density at radius 2 is 2.00 bits per heavy atom. The molecular formula is C10H18N2O3S. The van der Waals surface area contributed by atoms with Crippen molar-refractivity contribution in [3.8, 4) is 0 Å². The molecule has 1 saturated carbocycles. The van der Waals surface area contributed by atoms with Crippen molar-refractivity contribution in [1.82, 2.24) is 5.32 Å². The number of nitrogens with one attached hydrogen (secondary N) is 1. The summed E-state index contributed by atoms with van der Waals surface area (Å²) in [5, 5.41) is 11.3. The third kappa shape index (κ3) is 4.85. The van der Waals surface area contributed by atoms with Crippen LogP contribution in [0, 0.1) is 0 Å². The standard InChI is InChI=1S/C10H18N2O3S/c11-7-3-1-2-4-8(7)12-9(13)5-16-6-10(14)15/h7-8H,1-6,11H2,(H,12,13)(H,14,15). The Morgan fingerprint density at radius 1 is 1.31 bits per heavy atom. The van der Waals surface area contributed by atoms with E-state index in [1.54, 1.807) is 0 Å². The minimum atomic E-state index is -0.896. The molecule has 1 amide bonds. The van der Waals surface area contributed by atoms with Crippen molar-refractivity contribution in [2.75, 3.05) is 11.5 Å². The first-order valence-corrected chi connectivity index (χ1v) is 6.59. The van der Waals surface area contributed by atoms with Crippen LogP contribution in [0.15, 0.2) is 0 Å². The van der Waals surface area contributed by atoms with Gasteiger partial charge in [0.25, 0.3) is 0 Å². The van der Waals surface area contributed by atoms with Gasteiger partial charge in [-0.1, -0.05) is 12.8 Å². The second kappa shape index (κ2) is 6.75. The Balaban J connectivity index is 2.19. The van der Waals surface area contributed by atoms with Crippen LogP contribution in [0.5, 0.6) is 0 Å². The normalized spacial score (nSPS) is 25.1. The molecule has 5 nitrogen and oxygen atoms in total. The number of hydrogen-bond acceptors (Lipinski definition) is 4. The molecule has 0 aromatic heterocycles. The molecule has 16 heavy (non-hydrogen) atoms. The summed E-state index contributed by atoms with van der Waals surface area (Å²) in [6.07, 6.45) is 4.10. The van der Waals surface area contributed by atoms with Crippen LogP contribution in [-0.2, 0) is 9.59 Å². The zero-order chi connectivity index (χ0) is 12.0. The van der Waals surface area contributed by atoms with Gasteiger partial charge in [-0.15, -0.1) is 11.8 Å². The second-order valence-electron chi connectivity index (χ2n) is 4.01. The van der Waals surface area contributed by atoms with Crippen LogP contribution in [-0.4, -0.2) is 40.6 Å². The van der Waals surface area contributed by atoms with Crippen molar-refractivity contribution in [3.05, 3.63) is 0 Å². The van der Waals surface area contributed by atoms with Gasteiger partial charge >= 0.3 is 5.97 Å². The maximum atomic E-state index is 11.5. The van der Waals surface area contributed by atoms with E-state index in [-0.39, 0.29) is 29.5 Å². The van der Waals surface area contributed by atoms with E-state index in [0.29, 0.717) is 0 Å². The molecule has 1 rings (SSSR count). The molecule has 0 aromatic carbocycles. The van der Waals surface area contributed by atoms with Crippen LogP contribution < -0.4 is 11.1 Å². The number of carbonyl (C=O) groups is 2. The molecule has 1 aliphatic carbocycles. The SMILES string of the molecule is NC1CCCCC1NC(=O)CSCC(=O)O. The molecule has 0 saturated heterocycles. The first kappa shape index (κ1) is 13.3. The highest BCUT2D eigenvalue weighted by molar-refractivity contribution is 8.00. The number of hydrogen-bond donors (Lipinski definition) is 3. The molecule has 0 radical (unpaired) electrons. The maximum Gasteiger partial charge on any atom is 0.313 e. The van der Waals surface area contributed by atoms with Gasteiger partial charge in [0, 0.05) is 12.1 Å². The van der Waals surface area contributed by atoms with Crippen LogP contribution >= 0.6 is 11.8 Å². The third-order valence-electron chi connectivity index (χ3n) is 2.62. The van der Waals surface area contributed by atoms with E-state index in [1.807, 2.05) is 0 Å². The molecule has 2 unspecified atom stereocenters. The minimum absolute atomic E-state index is 0.0376. The highest BCUT2D eigenvalue weighted by atomic mass is 32.2. The molecule has 0 aliphatic heterocycles. The summed E-state index contributed by atoms with van der Waals surface area (Å²) in [7, 11) is 0. The predicted octanol–water partition coefficient (Wildman–Crippen LogP) is 0.190. The van der Waals surface area contributed by atoms with Crippen molar-refractivity contribution in [2.24, 2.45) is 5.73 Å². The lowest BCUT2D eigenvalue weighted by Gasteiger charge is -2.29. The summed E-state index contributed by atoms with van der Waals surface area (Å²) < 4.78 is 0. The summed E-state index contributed by atoms with van der Waals surface area (Å²) in [4.78, 5) is 21.7. The predicted molar refractivity (Wildman–Crippen MR) is 63.3 cm³/mol. The van der Waals surface area contributed by atoms with Gasteiger partial charge in [0.2, 0.25) is 5.91 Å². The smallest absolute Gasteiger partial charge is 0.313 e. The molecule has 6 heteroatoms. The fourth-order valence-corrected chi connectivity index (χ4v) is 2.36. The number of carboxylic acids is 1. The number of amides is 1. The van der Waals surface area contributed by atoms with Gasteiger partial charge in [-0.3, -0.25) is 9.59 Å². The number of thioether (sulfide) groups is 1. The Hall–Kier alpha value is -0.750. The van der Waals surface area contributed by atoms with E-state index in [4.69, 9.17) is 10.8 Å². The molecule has 92 valence electrons. The molecule has 1 fully saturated rings. The van der Waals surface area contributed by atoms with Crippen LogP contribution in [0.2, 0.25) is 0 Å². The van der Waals surface area contributed by atoms with E-state index in [2.05, 4.69) is 5.32 Å². The van der Waals surface area contributed by atoms with E-state index in [1.165, 1.54) is 0 Å². The van der Waals surface area contributed by atoms with Crippen LogP contribution in [0.25, 0.3) is 0 Å². The summed E-state index contributed by atoms with van der Waals surface area (Å²) in [5.41, 5.74) is 5.89. The second-order valence-corrected chi connectivity index (χ2v) is 4.99. The Labute approximate surface area is 99.1 Å². The lowest BCUT2D eigenvalue weighted by molar-refractivity contribution is -0.133. The lowest BCUT2D eigenvalue weighted by atomic mass is 9.91. The van der Waals surface area contributed by atoms with Crippen LogP contribution in [0.1, 0.15) is 25.7 Å². The quantitative estimate of drug-likeness (QED) is 0.644. The van der Waals surface area contributed by atoms with E-state index in [9.17, 15) is 9.59 Å². The number of rotatable bonds is 5. The average molecular weight is 246 g/mol. The van der Waals surface area contributed by atoms with Gasteiger partial charge in [0.05, 0.1) is 11.5 Å². The van der Waals surface area contributed by atoms with Crippen molar-refractivity contribution < 1.29 is 14.7 Å². The Morgan fingerprint density at radius 3 is 2.62 bits per heavy atom. The summed E-state index contributed by atoms with van der Waals surface area (Å²) in [6, 6.07) is 0.105. The largest absolute Gasteiger partial charge is 0.481 e. The van der Waals surface area contributed by atoms with Crippen molar-refractivity contribution >= 4 is 23.6 Å².